The molecule has 0 spiro atoms. The number of nitrogens with one attached hydrogen (secondary N) is 2. The molecule has 1 unspecified atom stereocenters. The predicted octanol–water partition coefficient (Wildman–Crippen LogP) is -0.744. The molecule has 0 fully saturated rings. The molecule has 0 amide bonds. The Hall–Kier alpha value is -0.610. The number of halogens is 1. The number of hydrogen-bond donors (Lipinski definition) is 2. The highest BCUT2D eigenvalue weighted by atomic mass is 35.5. The molecular formula is C4H6ClN3O. The topological polar surface area (TPSA) is 53.5 Å². The molecule has 1 atom stereocenters. The Balaban J connectivity index is 2.49. The van der Waals surface area contributed by atoms with Gasteiger partial charge in [-0.15, -0.1) is 11.6 Å². The van der Waals surface area contributed by atoms with E-state index in [9.17, 15) is 4.79 Å². The van der Waals surface area contributed by atoms with Crippen LogP contribution in [0.25, 0.3) is 0 Å². The molecule has 0 aliphatic carbocycles. The van der Waals surface area contributed by atoms with Gasteiger partial charge < -0.3 is 5.43 Å². The minimum atomic E-state index is -0.459. The molecule has 0 saturated heterocycles. The van der Waals surface area contributed by atoms with Crippen LogP contribution >= 0.6 is 11.6 Å². The van der Waals surface area contributed by atoms with Crippen molar-refractivity contribution in [3.05, 3.63) is 0 Å². The van der Waals surface area contributed by atoms with Crippen molar-refractivity contribution < 1.29 is 4.79 Å². The summed E-state index contributed by atoms with van der Waals surface area (Å²) >= 11 is 5.38. The van der Waals surface area contributed by atoms with Gasteiger partial charge >= 0.3 is 0 Å². The quantitative estimate of drug-likeness (QED) is 0.400. The molecule has 1 aliphatic rings. The van der Waals surface area contributed by atoms with Crippen LogP contribution in [0.4, 0.5) is 0 Å². The molecular weight excluding hydrogens is 142 g/mol. The third kappa shape index (κ3) is 1.40. The van der Waals surface area contributed by atoms with E-state index >= 15 is 0 Å². The minimum Gasteiger partial charge on any atom is -0.306 e. The third-order valence-electron chi connectivity index (χ3n) is 0.915. The first kappa shape index (κ1) is 6.51. The van der Waals surface area contributed by atoms with E-state index in [4.69, 9.17) is 11.6 Å². The average Bonchev–Trinajstić information content (AvgIpc) is 2.34. The number of carbonyl (C=O) groups excluding carboxylic acids is 1. The fourth-order valence-corrected chi connectivity index (χ4v) is 0.658. The molecule has 5 heteroatoms. The first-order valence-electron chi connectivity index (χ1n) is 2.46. The summed E-state index contributed by atoms with van der Waals surface area (Å²) in [5, 5.41) is 0. The van der Waals surface area contributed by atoms with Gasteiger partial charge in [0.1, 0.15) is 5.84 Å². The molecule has 0 bridgehead atoms. The van der Waals surface area contributed by atoms with Crippen molar-refractivity contribution in [1.29, 1.82) is 0 Å². The summed E-state index contributed by atoms with van der Waals surface area (Å²) in [7, 11) is 0. The van der Waals surface area contributed by atoms with Gasteiger partial charge in [-0.1, -0.05) is 0 Å². The van der Waals surface area contributed by atoms with E-state index in [-0.39, 0.29) is 0 Å². The lowest BCUT2D eigenvalue weighted by Gasteiger charge is -1.94. The second kappa shape index (κ2) is 2.80. The summed E-state index contributed by atoms with van der Waals surface area (Å²) in [4.78, 5) is 13.8. The first-order valence-corrected chi connectivity index (χ1v) is 2.99. The highest BCUT2D eigenvalue weighted by Gasteiger charge is 2.12. The molecule has 1 aliphatic heterocycles. The zero-order valence-electron chi connectivity index (χ0n) is 4.60. The maximum Gasteiger partial charge on any atom is 0.174 e. The first-order chi connectivity index (χ1) is 4.36. The van der Waals surface area contributed by atoms with E-state index in [0.29, 0.717) is 18.0 Å². The molecule has 1 rings (SSSR count). The Morgan fingerprint density at radius 2 is 2.67 bits per heavy atom. The molecule has 4 nitrogen and oxygen atoms in total. The number of hydrogen-bond acceptors (Lipinski definition) is 4. The van der Waals surface area contributed by atoms with Gasteiger partial charge in [0.05, 0.1) is 5.88 Å². The van der Waals surface area contributed by atoms with E-state index in [0.717, 1.165) is 0 Å². The number of amidine groups is 1. The normalized spacial score (nSPS) is 25.0. The standard InChI is InChI=1S/C4H6ClN3O/c5-1-3-6-4(2-9)8-7-3/h2,4,8H,1H2,(H,6,7). The number of aldehydes is 1. The molecule has 0 aromatic heterocycles. The van der Waals surface area contributed by atoms with Crippen LogP contribution in [-0.2, 0) is 4.79 Å². The Bertz CT molecular complexity index is 147. The van der Waals surface area contributed by atoms with Gasteiger partial charge in [-0.3, -0.25) is 4.79 Å². The fourth-order valence-electron chi connectivity index (χ4n) is 0.522. The van der Waals surface area contributed by atoms with Gasteiger partial charge in [0.15, 0.2) is 12.5 Å². The second-order valence-corrected chi connectivity index (χ2v) is 1.83. The van der Waals surface area contributed by atoms with E-state index in [1.54, 1.807) is 0 Å². The Labute approximate surface area is 57.3 Å². The molecule has 1 heterocycles. The maximum absolute atomic E-state index is 10.0. The van der Waals surface area contributed by atoms with Gasteiger partial charge in [-0.2, -0.15) is 0 Å². The zero-order valence-corrected chi connectivity index (χ0v) is 5.35. The van der Waals surface area contributed by atoms with Gasteiger partial charge in [0.25, 0.3) is 0 Å². The lowest BCUT2D eigenvalue weighted by Crippen LogP contribution is -2.35. The summed E-state index contributed by atoms with van der Waals surface area (Å²) < 4.78 is 0. The van der Waals surface area contributed by atoms with Crippen LogP contribution in [-0.4, -0.2) is 24.2 Å². The van der Waals surface area contributed by atoms with Crippen LogP contribution in [0, 0.1) is 0 Å². The van der Waals surface area contributed by atoms with E-state index < -0.39 is 6.17 Å². The van der Waals surface area contributed by atoms with Crippen LogP contribution in [0.15, 0.2) is 4.99 Å². The number of aliphatic imine (C=N–C) groups is 1. The minimum absolute atomic E-state index is 0.303. The Kier molecular flexibility index (Phi) is 2.02. The highest BCUT2D eigenvalue weighted by Crippen LogP contribution is 1.90. The van der Waals surface area contributed by atoms with Crippen molar-refractivity contribution in [2.24, 2.45) is 4.99 Å². The molecule has 0 radical (unpaired) electrons. The van der Waals surface area contributed by atoms with E-state index in [1.807, 2.05) is 0 Å². The molecule has 50 valence electrons. The van der Waals surface area contributed by atoms with E-state index in [1.165, 1.54) is 0 Å². The van der Waals surface area contributed by atoms with Crippen molar-refractivity contribution in [2.45, 2.75) is 6.17 Å². The highest BCUT2D eigenvalue weighted by molar-refractivity contribution is 6.28. The van der Waals surface area contributed by atoms with Gasteiger partial charge in [-0.05, 0) is 0 Å². The Morgan fingerprint density at radius 1 is 1.89 bits per heavy atom. The van der Waals surface area contributed by atoms with Crippen molar-refractivity contribution in [2.75, 3.05) is 5.88 Å². The SMILES string of the molecule is O=CC1N=C(CCl)NN1. The van der Waals surface area contributed by atoms with Crippen LogP contribution in [0.2, 0.25) is 0 Å². The molecule has 0 aromatic rings. The summed E-state index contributed by atoms with van der Waals surface area (Å²) in [6.07, 6.45) is 0.241. The van der Waals surface area contributed by atoms with E-state index in [2.05, 4.69) is 15.8 Å². The fraction of sp³-hybridized carbons (Fsp3) is 0.500. The summed E-state index contributed by atoms with van der Waals surface area (Å²) in [6.45, 7) is 0. The average molecular weight is 148 g/mol. The lowest BCUT2D eigenvalue weighted by molar-refractivity contribution is -0.109. The van der Waals surface area contributed by atoms with Crippen molar-refractivity contribution in [1.82, 2.24) is 10.9 Å². The largest absolute Gasteiger partial charge is 0.306 e. The predicted molar refractivity (Wildman–Crippen MR) is 34.3 cm³/mol. The summed E-state index contributed by atoms with van der Waals surface area (Å²) in [5.74, 6) is 0.908. The second-order valence-electron chi connectivity index (χ2n) is 1.56. The molecule has 0 aromatic carbocycles. The Morgan fingerprint density at radius 3 is 3.00 bits per heavy atom. The number of carbonyl (C=O) groups is 1. The maximum atomic E-state index is 10.0. The summed E-state index contributed by atoms with van der Waals surface area (Å²) in [5.41, 5.74) is 5.25. The van der Waals surface area contributed by atoms with Gasteiger partial charge in [0, 0.05) is 0 Å². The molecule has 0 saturated carbocycles. The summed E-state index contributed by atoms with van der Waals surface area (Å²) in [6, 6.07) is 0. The smallest absolute Gasteiger partial charge is 0.174 e. The number of hydrazine groups is 1. The van der Waals surface area contributed by atoms with Gasteiger partial charge in [-0.25, -0.2) is 10.4 Å². The van der Waals surface area contributed by atoms with Crippen LogP contribution < -0.4 is 10.9 Å². The lowest BCUT2D eigenvalue weighted by atomic mass is 10.6. The zero-order chi connectivity index (χ0) is 6.69. The number of rotatable bonds is 2. The van der Waals surface area contributed by atoms with Crippen molar-refractivity contribution in [3.8, 4) is 0 Å². The molecule has 9 heavy (non-hydrogen) atoms. The van der Waals surface area contributed by atoms with Crippen molar-refractivity contribution in [3.63, 3.8) is 0 Å². The third-order valence-corrected chi connectivity index (χ3v) is 1.17. The van der Waals surface area contributed by atoms with Crippen LogP contribution in [0.1, 0.15) is 0 Å². The van der Waals surface area contributed by atoms with Gasteiger partial charge in [0.2, 0.25) is 0 Å². The van der Waals surface area contributed by atoms with Crippen molar-refractivity contribution >= 4 is 23.7 Å². The number of nitrogens with zero attached hydrogens (tertiary/aromatic N) is 1. The molecule has 2 N–H and O–H groups in total. The number of alkyl halides is 1. The van der Waals surface area contributed by atoms with Crippen LogP contribution in [0.3, 0.4) is 0 Å². The van der Waals surface area contributed by atoms with Crippen LogP contribution in [0.5, 0.6) is 0 Å². The monoisotopic (exact) mass is 147 g/mol.